The fourth-order valence-electron chi connectivity index (χ4n) is 1.91. The molecular weight excluding hydrogens is 382 g/mol. The van der Waals surface area contributed by atoms with Crippen molar-refractivity contribution in [2.45, 2.75) is 24.3 Å². The minimum atomic E-state index is -3.91. The molecule has 0 amide bonds. The predicted octanol–water partition coefficient (Wildman–Crippen LogP) is 3.26. The van der Waals surface area contributed by atoms with E-state index in [9.17, 15) is 13.2 Å². The molecule has 0 fully saturated rings. The lowest BCUT2D eigenvalue weighted by Gasteiger charge is -2.20. The summed E-state index contributed by atoms with van der Waals surface area (Å²) in [6.07, 6.45) is 0. The smallest absolute Gasteiger partial charge is 0.324 e. The lowest BCUT2D eigenvalue weighted by molar-refractivity contribution is -0.142. The molecule has 2 aromatic rings. The second-order valence-corrected chi connectivity index (χ2v) is 8.16. The number of aliphatic carboxylic acids is 1. The summed E-state index contributed by atoms with van der Waals surface area (Å²) in [5.41, 5.74) is 0.244. The molecule has 0 atom stereocenters. The Morgan fingerprint density at radius 3 is 1.87 bits per heavy atom. The summed E-state index contributed by atoms with van der Waals surface area (Å²) in [7, 11) is -3.91. The van der Waals surface area contributed by atoms with Crippen molar-refractivity contribution in [1.82, 2.24) is 4.72 Å². The number of halogens is 1. The summed E-state index contributed by atoms with van der Waals surface area (Å²) in [4.78, 5) is 11.1. The molecule has 5 nitrogen and oxygen atoms in total. The van der Waals surface area contributed by atoms with Gasteiger partial charge in [-0.2, -0.15) is 4.72 Å². The second kappa shape index (κ2) is 6.43. The van der Waals surface area contributed by atoms with Gasteiger partial charge in [-0.05, 0) is 49.2 Å². The van der Waals surface area contributed by atoms with E-state index in [1.807, 2.05) is 24.3 Å². The minimum Gasteiger partial charge on any atom is -0.480 e. The zero-order chi connectivity index (χ0) is 17.3. The van der Waals surface area contributed by atoms with E-state index in [0.717, 1.165) is 15.6 Å². The van der Waals surface area contributed by atoms with Crippen LogP contribution in [0.5, 0.6) is 0 Å². The third-order valence-corrected chi connectivity index (χ3v) is 5.47. The number of rotatable bonds is 5. The van der Waals surface area contributed by atoms with Crippen molar-refractivity contribution < 1.29 is 18.3 Å². The number of carbonyl (C=O) groups is 1. The topological polar surface area (TPSA) is 83.5 Å². The summed E-state index contributed by atoms with van der Waals surface area (Å²) in [6.45, 7) is 2.59. The quantitative estimate of drug-likeness (QED) is 0.810. The Balaban J connectivity index is 2.28. The van der Waals surface area contributed by atoms with Crippen molar-refractivity contribution in [3.63, 3.8) is 0 Å². The Labute approximate surface area is 143 Å². The van der Waals surface area contributed by atoms with Crippen LogP contribution in [0.3, 0.4) is 0 Å². The van der Waals surface area contributed by atoms with Gasteiger partial charge in [-0.15, -0.1) is 0 Å². The normalized spacial score (nSPS) is 12.1. The molecule has 0 heterocycles. The standard InChI is InChI=1S/C16H16BrNO4S/c1-16(2,15(19)20)18-23(21,22)14-9-5-12(6-10-14)11-3-7-13(17)8-4-11/h3-10,18H,1-2H3,(H,19,20). The van der Waals surface area contributed by atoms with Crippen LogP contribution in [0.2, 0.25) is 0 Å². The zero-order valence-electron chi connectivity index (χ0n) is 12.6. The van der Waals surface area contributed by atoms with Crippen LogP contribution in [0.25, 0.3) is 11.1 Å². The van der Waals surface area contributed by atoms with Crippen LogP contribution in [0.4, 0.5) is 0 Å². The molecule has 0 aliphatic heterocycles. The highest BCUT2D eigenvalue weighted by atomic mass is 79.9. The number of benzene rings is 2. The molecule has 7 heteroatoms. The molecule has 122 valence electrons. The van der Waals surface area contributed by atoms with Crippen LogP contribution in [0.1, 0.15) is 13.8 Å². The Morgan fingerprint density at radius 1 is 1.00 bits per heavy atom. The van der Waals surface area contributed by atoms with Crippen LogP contribution in [0, 0.1) is 0 Å². The first-order valence-corrected chi connectivity index (χ1v) is 9.03. The third-order valence-electron chi connectivity index (χ3n) is 3.27. The van der Waals surface area contributed by atoms with E-state index < -0.39 is 21.5 Å². The van der Waals surface area contributed by atoms with Crippen molar-refractivity contribution >= 4 is 31.9 Å². The van der Waals surface area contributed by atoms with E-state index in [1.54, 1.807) is 12.1 Å². The number of sulfonamides is 1. The van der Waals surface area contributed by atoms with Crippen molar-refractivity contribution in [2.24, 2.45) is 0 Å². The van der Waals surface area contributed by atoms with Gasteiger partial charge >= 0.3 is 5.97 Å². The highest BCUT2D eigenvalue weighted by Gasteiger charge is 2.32. The lowest BCUT2D eigenvalue weighted by atomic mass is 10.1. The highest BCUT2D eigenvalue weighted by Crippen LogP contribution is 2.23. The summed E-state index contributed by atoms with van der Waals surface area (Å²) < 4.78 is 27.7. The highest BCUT2D eigenvalue weighted by molar-refractivity contribution is 9.10. The maximum absolute atomic E-state index is 12.3. The number of carboxylic acid groups (broad SMARTS) is 1. The van der Waals surface area contributed by atoms with Crippen LogP contribution in [-0.4, -0.2) is 25.0 Å². The fourth-order valence-corrected chi connectivity index (χ4v) is 3.54. The van der Waals surface area contributed by atoms with Gasteiger partial charge in [0.15, 0.2) is 0 Å². The molecule has 0 spiro atoms. The Kier molecular flexibility index (Phi) is 4.93. The van der Waals surface area contributed by atoms with Crippen molar-refractivity contribution in [3.8, 4) is 11.1 Å². The molecule has 0 radical (unpaired) electrons. The molecule has 0 aliphatic carbocycles. The maximum Gasteiger partial charge on any atom is 0.324 e. The second-order valence-electron chi connectivity index (χ2n) is 5.57. The molecule has 0 aliphatic rings. The van der Waals surface area contributed by atoms with Gasteiger partial charge < -0.3 is 5.11 Å². The first-order valence-electron chi connectivity index (χ1n) is 6.75. The average Bonchev–Trinajstić information content (AvgIpc) is 2.47. The SMILES string of the molecule is CC(C)(NS(=O)(=O)c1ccc(-c2ccc(Br)cc2)cc1)C(=O)O. The summed E-state index contributed by atoms with van der Waals surface area (Å²) in [5.74, 6) is -1.24. The molecule has 0 saturated heterocycles. The van der Waals surface area contributed by atoms with Gasteiger partial charge in [0.25, 0.3) is 0 Å². The van der Waals surface area contributed by atoms with Gasteiger partial charge in [0.2, 0.25) is 10.0 Å². The van der Waals surface area contributed by atoms with Crippen molar-refractivity contribution in [2.75, 3.05) is 0 Å². The first-order chi connectivity index (χ1) is 10.6. The molecule has 23 heavy (non-hydrogen) atoms. The predicted molar refractivity (Wildman–Crippen MR) is 91.6 cm³/mol. The molecule has 0 aromatic heterocycles. The Hall–Kier alpha value is -1.70. The number of nitrogens with one attached hydrogen (secondary N) is 1. The number of carboxylic acids is 1. The molecule has 2 aromatic carbocycles. The maximum atomic E-state index is 12.3. The summed E-state index contributed by atoms with van der Waals surface area (Å²) in [5, 5.41) is 9.04. The molecule has 0 unspecified atom stereocenters. The molecule has 2 rings (SSSR count). The summed E-state index contributed by atoms with van der Waals surface area (Å²) >= 11 is 3.36. The summed E-state index contributed by atoms with van der Waals surface area (Å²) in [6, 6.07) is 13.9. The van der Waals surface area contributed by atoms with Gasteiger partial charge in [0, 0.05) is 4.47 Å². The molecule has 0 bridgehead atoms. The van der Waals surface area contributed by atoms with E-state index in [2.05, 4.69) is 20.7 Å². The average molecular weight is 398 g/mol. The van der Waals surface area contributed by atoms with Gasteiger partial charge in [0.05, 0.1) is 4.90 Å². The molecule has 2 N–H and O–H groups in total. The fraction of sp³-hybridized carbons (Fsp3) is 0.188. The van der Waals surface area contributed by atoms with E-state index in [4.69, 9.17) is 5.11 Å². The number of hydrogen-bond acceptors (Lipinski definition) is 3. The first kappa shape index (κ1) is 17.7. The molecule has 0 saturated carbocycles. The van der Waals surface area contributed by atoms with Crippen LogP contribution in [-0.2, 0) is 14.8 Å². The third kappa shape index (κ3) is 4.19. The van der Waals surface area contributed by atoms with Gasteiger partial charge in [0.1, 0.15) is 5.54 Å². The van der Waals surface area contributed by atoms with Crippen molar-refractivity contribution in [3.05, 3.63) is 53.0 Å². The number of hydrogen-bond donors (Lipinski definition) is 2. The lowest BCUT2D eigenvalue weighted by Crippen LogP contribution is -2.49. The van der Waals surface area contributed by atoms with E-state index >= 15 is 0 Å². The van der Waals surface area contributed by atoms with Crippen molar-refractivity contribution in [1.29, 1.82) is 0 Å². The van der Waals surface area contributed by atoms with E-state index in [-0.39, 0.29) is 4.90 Å². The van der Waals surface area contributed by atoms with Gasteiger partial charge in [-0.3, -0.25) is 4.79 Å². The van der Waals surface area contributed by atoms with Crippen LogP contribution < -0.4 is 4.72 Å². The van der Waals surface area contributed by atoms with Crippen LogP contribution >= 0.6 is 15.9 Å². The molecular formula is C16H16BrNO4S. The van der Waals surface area contributed by atoms with Gasteiger partial charge in [-0.25, -0.2) is 8.42 Å². The zero-order valence-corrected chi connectivity index (χ0v) is 15.0. The Bertz CT molecular complexity index is 812. The Morgan fingerprint density at radius 2 is 1.43 bits per heavy atom. The minimum absolute atomic E-state index is 0.0210. The van der Waals surface area contributed by atoms with E-state index in [1.165, 1.54) is 26.0 Å². The monoisotopic (exact) mass is 397 g/mol. The van der Waals surface area contributed by atoms with E-state index in [0.29, 0.717) is 0 Å². The largest absolute Gasteiger partial charge is 0.480 e. The van der Waals surface area contributed by atoms with Crippen LogP contribution in [0.15, 0.2) is 57.9 Å². The van der Waals surface area contributed by atoms with Gasteiger partial charge in [-0.1, -0.05) is 40.2 Å².